The van der Waals surface area contributed by atoms with Crippen molar-refractivity contribution in [1.29, 1.82) is 0 Å². The van der Waals surface area contributed by atoms with Gasteiger partial charge in [-0.05, 0) is 46.6 Å². The summed E-state index contributed by atoms with van der Waals surface area (Å²) < 4.78 is 6.63. The molecule has 2 nitrogen and oxygen atoms in total. The molecule has 1 rings (SSSR count). The molecule has 0 radical (unpaired) electrons. The third-order valence-electron chi connectivity index (χ3n) is 2.30. The summed E-state index contributed by atoms with van der Waals surface area (Å²) >= 11 is 3.52. The zero-order valence-electron chi connectivity index (χ0n) is 10.1. The van der Waals surface area contributed by atoms with Crippen LogP contribution in [-0.2, 0) is 6.54 Å². The van der Waals surface area contributed by atoms with E-state index in [0.717, 1.165) is 36.2 Å². The van der Waals surface area contributed by atoms with Gasteiger partial charge in [0, 0.05) is 13.0 Å². The van der Waals surface area contributed by atoms with Gasteiger partial charge in [-0.1, -0.05) is 13.0 Å². The van der Waals surface area contributed by atoms with Crippen molar-refractivity contribution in [3.8, 4) is 18.1 Å². The summed E-state index contributed by atoms with van der Waals surface area (Å²) in [5.41, 5.74) is 1.25. The van der Waals surface area contributed by atoms with E-state index >= 15 is 0 Å². The molecule has 0 unspecified atom stereocenters. The summed E-state index contributed by atoms with van der Waals surface area (Å²) in [5.74, 6) is 3.48. The molecule has 0 fully saturated rings. The van der Waals surface area contributed by atoms with Crippen LogP contribution in [0.5, 0.6) is 5.75 Å². The quantitative estimate of drug-likeness (QED) is 0.615. The fourth-order valence-corrected chi connectivity index (χ4v) is 1.94. The van der Waals surface area contributed by atoms with Crippen LogP contribution in [0, 0.1) is 12.3 Å². The van der Waals surface area contributed by atoms with Gasteiger partial charge in [0.25, 0.3) is 0 Å². The first kappa shape index (κ1) is 14.1. The van der Waals surface area contributed by atoms with E-state index in [4.69, 9.17) is 11.2 Å². The first-order valence-corrected chi connectivity index (χ1v) is 6.62. The summed E-state index contributed by atoms with van der Waals surface area (Å²) in [6, 6.07) is 6.15. The molecule has 0 spiro atoms. The van der Waals surface area contributed by atoms with Gasteiger partial charge in [0.05, 0.1) is 11.1 Å². The Morgan fingerprint density at radius 2 is 2.29 bits per heavy atom. The van der Waals surface area contributed by atoms with Crippen molar-refractivity contribution in [2.75, 3.05) is 13.2 Å². The molecular weight excluding hydrogens is 278 g/mol. The fourth-order valence-electron chi connectivity index (χ4n) is 1.40. The average Bonchev–Trinajstić information content (AvgIpc) is 2.34. The number of benzene rings is 1. The molecule has 0 aromatic heterocycles. The minimum atomic E-state index is 0.662. The van der Waals surface area contributed by atoms with Crippen LogP contribution in [0.4, 0.5) is 0 Å². The largest absolute Gasteiger partial charge is 0.492 e. The predicted octanol–water partition coefficient (Wildman–Crippen LogP) is 3.35. The second-order valence-corrected chi connectivity index (χ2v) is 4.56. The highest BCUT2D eigenvalue weighted by Gasteiger charge is 2.02. The number of halogens is 1. The zero-order chi connectivity index (χ0) is 12.5. The fraction of sp³-hybridized carbons (Fsp3) is 0.429. The van der Waals surface area contributed by atoms with Gasteiger partial charge < -0.3 is 10.1 Å². The molecule has 1 N–H and O–H groups in total. The number of unbranched alkanes of at least 4 members (excludes halogenated alkanes) is 1. The predicted molar refractivity (Wildman–Crippen MR) is 75.1 cm³/mol. The summed E-state index contributed by atoms with van der Waals surface area (Å²) in [7, 11) is 0. The Hall–Kier alpha value is -0.980. The topological polar surface area (TPSA) is 21.3 Å². The molecule has 0 amide bonds. The van der Waals surface area contributed by atoms with Gasteiger partial charge in [-0.3, -0.25) is 0 Å². The smallest absolute Gasteiger partial charge is 0.133 e. The van der Waals surface area contributed by atoms with Gasteiger partial charge in [-0.25, -0.2) is 0 Å². The molecule has 0 aliphatic rings. The number of rotatable bonds is 7. The molecule has 0 aliphatic heterocycles. The third-order valence-corrected chi connectivity index (χ3v) is 2.92. The van der Waals surface area contributed by atoms with Gasteiger partial charge in [-0.2, -0.15) is 0 Å². The maximum Gasteiger partial charge on any atom is 0.133 e. The second-order valence-electron chi connectivity index (χ2n) is 3.70. The first-order valence-electron chi connectivity index (χ1n) is 5.83. The van der Waals surface area contributed by atoms with Gasteiger partial charge in [0.1, 0.15) is 5.75 Å². The van der Waals surface area contributed by atoms with E-state index in [1.54, 1.807) is 0 Å². The number of ether oxygens (including phenoxy) is 1. The Bertz CT molecular complexity index is 384. The van der Waals surface area contributed by atoms with Crippen molar-refractivity contribution in [3.05, 3.63) is 28.2 Å². The minimum absolute atomic E-state index is 0.662. The van der Waals surface area contributed by atoms with Crippen LogP contribution in [-0.4, -0.2) is 13.2 Å². The molecule has 92 valence electrons. The van der Waals surface area contributed by atoms with Crippen molar-refractivity contribution in [2.45, 2.75) is 26.3 Å². The molecular formula is C14H18BrNO. The Morgan fingerprint density at radius 3 is 2.94 bits per heavy atom. The molecule has 0 saturated heterocycles. The Morgan fingerprint density at radius 1 is 1.47 bits per heavy atom. The van der Waals surface area contributed by atoms with Gasteiger partial charge >= 0.3 is 0 Å². The summed E-state index contributed by atoms with van der Waals surface area (Å²) in [6.07, 6.45) is 6.83. The van der Waals surface area contributed by atoms with Crippen molar-refractivity contribution < 1.29 is 4.74 Å². The molecule has 0 saturated carbocycles. The highest BCUT2D eigenvalue weighted by Crippen LogP contribution is 2.26. The van der Waals surface area contributed by atoms with Gasteiger partial charge in [-0.15, -0.1) is 12.3 Å². The van der Waals surface area contributed by atoms with Crippen molar-refractivity contribution in [2.24, 2.45) is 0 Å². The van der Waals surface area contributed by atoms with Crippen LogP contribution in [0.1, 0.15) is 25.3 Å². The third kappa shape index (κ3) is 5.25. The second kappa shape index (κ2) is 8.16. The Kier molecular flexibility index (Phi) is 6.76. The number of hydrogen-bond donors (Lipinski definition) is 1. The molecule has 1 aromatic carbocycles. The Labute approximate surface area is 112 Å². The van der Waals surface area contributed by atoms with E-state index in [1.807, 2.05) is 6.07 Å². The normalized spacial score (nSPS) is 9.94. The summed E-state index contributed by atoms with van der Waals surface area (Å²) in [5, 5.41) is 3.29. The van der Waals surface area contributed by atoms with Crippen LogP contribution in [0.15, 0.2) is 22.7 Å². The van der Waals surface area contributed by atoms with Crippen molar-refractivity contribution in [1.82, 2.24) is 5.32 Å². The standard InChI is InChI=1S/C14H18BrNO/c1-3-5-6-9-17-14-8-7-12(10-13(14)15)11-16-4-2/h1,7-8,10,16H,4-6,9,11H2,2H3. The minimum Gasteiger partial charge on any atom is -0.492 e. The maximum absolute atomic E-state index is 5.64. The van der Waals surface area contributed by atoms with Crippen molar-refractivity contribution in [3.63, 3.8) is 0 Å². The SMILES string of the molecule is C#CCCCOc1ccc(CNCC)cc1Br. The molecule has 1 aromatic rings. The highest BCUT2D eigenvalue weighted by molar-refractivity contribution is 9.10. The lowest BCUT2D eigenvalue weighted by molar-refractivity contribution is 0.311. The van der Waals surface area contributed by atoms with E-state index in [2.05, 4.69) is 46.2 Å². The number of terminal acetylenes is 1. The van der Waals surface area contributed by atoms with Crippen LogP contribution in [0.25, 0.3) is 0 Å². The van der Waals surface area contributed by atoms with E-state index in [-0.39, 0.29) is 0 Å². The number of nitrogens with one attached hydrogen (secondary N) is 1. The van der Waals surface area contributed by atoms with Gasteiger partial charge in [0.15, 0.2) is 0 Å². The maximum atomic E-state index is 5.64. The van der Waals surface area contributed by atoms with Crippen LogP contribution < -0.4 is 10.1 Å². The van der Waals surface area contributed by atoms with Gasteiger partial charge in [0.2, 0.25) is 0 Å². The number of hydrogen-bond acceptors (Lipinski definition) is 2. The van der Waals surface area contributed by atoms with Crippen LogP contribution >= 0.6 is 15.9 Å². The lowest BCUT2D eigenvalue weighted by Gasteiger charge is -2.09. The molecule has 17 heavy (non-hydrogen) atoms. The van der Waals surface area contributed by atoms with E-state index in [9.17, 15) is 0 Å². The highest BCUT2D eigenvalue weighted by atomic mass is 79.9. The monoisotopic (exact) mass is 295 g/mol. The first-order chi connectivity index (χ1) is 8.27. The zero-order valence-corrected chi connectivity index (χ0v) is 11.7. The lowest BCUT2D eigenvalue weighted by atomic mass is 10.2. The van der Waals surface area contributed by atoms with E-state index < -0.39 is 0 Å². The van der Waals surface area contributed by atoms with E-state index in [1.165, 1.54) is 5.56 Å². The molecule has 3 heteroatoms. The molecule has 0 atom stereocenters. The average molecular weight is 296 g/mol. The molecule has 0 heterocycles. The molecule has 0 aliphatic carbocycles. The lowest BCUT2D eigenvalue weighted by Crippen LogP contribution is -2.11. The Balaban J connectivity index is 2.48. The summed E-state index contributed by atoms with van der Waals surface area (Å²) in [4.78, 5) is 0. The summed E-state index contributed by atoms with van der Waals surface area (Å²) in [6.45, 7) is 4.61. The van der Waals surface area contributed by atoms with Crippen molar-refractivity contribution >= 4 is 15.9 Å². The van der Waals surface area contributed by atoms with Crippen LogP contribution in [0.2, 0.25) is 0 Å². The molecule has 0 bridgehead atoms. The van der Waals surface area contributed by atoms with E-state index in [0.29, 0.717) is 6.61 Å². The van der Waals surface area contributed by atoms with Crippen LogP contribution in [0.3, 0.4) is 0 Å².